The fourth-order valence-electron chi connectivity index (χ4n) is 0.962. The summed E-state index contributed by atoms with van der Waals surface area (Å²) < 4.78 is 65.5. The van der Waals surface area contributed by atoms with Crippen LogP contribution < -0.4 is 4.74 Å². The minimum Gasteiger partial charge on any atom is -0.429 e. The zero-order valence-corrected chi connectivity index (χ0v) is 7.59. The van der Waals surface area contributed by atoms with Crippen molar-refractivity contribution >= 4 is 6.47 Å². The van der Waals surface area contributed by atoms with E-state index in [0.29, 0.717) is 12.1 Å². The SMILES string of the molecule is O=COc1ccc(C(F)(F)C(F)(F)F)cc1. The lowest BCUT2D eigenvalue weighted by molar-refractivity contribution is -0.289. The van der Waals surface area contributed by atoms with Crippen molar-refractivity contribution in [1.82, 2.24) is 0 Å². The number of benzene rings is 1. The number of hydrogen-bond acceptors (Lipinski definition) is 2. The first-order chi connectivity index (χ1) is 7.29. The van der Waals surface area contributed by atoms with Crippen LogP contribution in [0.25, 0.3) is 0 Å². The molecule has 16 heavy (non-hydrogen) atoms. The van der Waals surface area contributed by atoms with Crippen molar-refractivity contribution in [1.29, 1.82) is 0 Å². The summed E-state index contributed by atoms with van der Waals surface area (Å²) in [6.07, 6.45) is -5.65. The Hall–Kier alpha value is -1.66. The van der Waals surface area contributed by atoms with Crippen LogP contribution in [0.4, 0.5) is 22.0 Å². The van der Waals surface area contributed by atoms with E-state index in [-0.39, 0.29) is 12.2 Å². The van der Waals surface area contributed by atoms with E-state index in [1.54, 1.807) is 0 Å². The number of ether oxygens (including phenoxy) is 1. The largest absolute Gasteiger partial charge is 0.458 e. The molecule has 0 bridgehead atoms. The van der Waals surface area contributed by atoms with Gasteiger partial charge in [0.25, 0.3) is 6.47 Å². The first kappa shape index (κ1) is 12.4. The lowest BCUT2D eigenvalue weighted by atomic mass is 10.1. The van der Waals surface area contributed by atoms with Crippen LogP contribution in [0.3, 0.4) is 0 Å². The molecule has 0 atom stereocenters. The van der Waals surface area contributed by atoms with E-state index in [1.807, 2.05) is 0 Å². The quantitative estimate of drug-likeness (QED) is 0.599. The van der Waals surface area contributed by atoms with Gasteiger partial charge in [-0.2, -0.15) is 22.0 Å². The number of halogens is 5. The molecule has 1 aromatic carbocycles. The van der Waals surface area contributed by atoms with E-state index >= 15 is 0 Å². The molecule has 7 heteroatoms. The predicted molar refractivity (Wildman–Crippen MR) is 43.1 cm³/mol. The van der Waals surface area contributed by atoms with Crippen molar-refractivity contribution in [2.45, 2.75) is 12.1 Å². The maximum absolute atomic E-state index is 12.7. The van der Waals surface area contributed by atoms with Gasteiger partial charge in [-0.15, -0.1) is 0 Å². The van der Waals surface area contributed by atoms with Crippen LogP contribution in [0, 0.1) is 0 Å². The third-order valence-electron chi connectivity index (χ3n) is 1.76. The van der Waals surface area contributed by atoms with Gasteiger partial charge in [-0.1, -0.05) is 0 Å². The molecule has 0 radical (unpaired) electrons. The molecule has 1 aromatic rings. The molecule has 88 valence electrons. The van der Waals surface area contributed by atoms with Crippen LogP contribution in [-0.4, -0.2) is 12.6 Å². The van der Waals surface area contributed by atoms with E-state index in [9.17, 15) is 26.7 Å². The number of rotatable bonds is 3. The number of carbonyl (C=O) groups excluding carboxylic acids is 1. The Kier molecular flexibility index (Phi) is 3.16. The highest BCUT2D eigenvalue weighted by atomic mass is 19.4. The van der Waals surface area contributed by atoms with Crippen molar-refractivity contribution in [3.05, 3.63) is 29.8 Å². The summed E-state index contributed by atoms with van der Waals surface area (Å²) in [5.74, 6) is -5.04. The number of carbonyl (C=O) groups is 1. The first-order valence-electron chi connectivity index (χ1n) is 3.94. The van der Waals surface area contributed by atoms with Crippen LogP contribution in [0.2, 0.25) is 0 Å². The molecule has 0 aliphatic carbocycles. The molecule has 2 nitrogen and oxygen atoms in total. The zero-order valence-electron chi connectivity index (χ0n) is 7.59. The minimum absolute atomic E-state index is 0.0386. The molecule has 0 unspecified atom stereocenters. The summed E-state index contributed by atoms with van der Waals surface area (Å²) in [7, 11) is 0. The maximum Gasteiger partial charge on any atom is 0.458 e. The van der Waals surface area contributed by atoms with Gasteiger partial charge in [0.05, 0.1) is 0 Å². The Bertz CT molecular complexity index is 368. The molecular formula is C9H5F5O2. The van der Waals surface area contributed by atoms with Crippen LogP contribution in [0.15, 0.2) is 24.3 Å². The van der Waals surface area contributed by atoms with E-state index < -0.39 is 17.7 Å². The van der Waals surface area contributed by atoms with Gasteiger partial charge in [-0.25, -0.2) is 0 Å². The molecule has 0 aromatic heterocycles. The van der Waals surface area contributed by atoms with Crippen molar-refractivity contribution in [3.8, 4) is 5.75 Å². The second-order valence-electron chi connectivity index (χ2n) is 2.81. The summed E-state index contributed by atoms with van der Waals surface area (Å²) in [5.41, 5.74) is -1.21. The summed E-state index contributed by atoms with van der Waals surface area (Å²) >= 11 is 0. The van der Waals surface area contributed by atoms with Gasteiger partial charge < -0.3 is 4.74 Å². The summed E-state index contributed by atoms with van der Waals surface area (Å²) in [5, 5.41) is 0. The second-order valence-corrected chi connectivity index (χ2v) is 2.81. The Morgan fingerprint density at radius 1 is 1.00 bits per heavy atom. The number of hydrogen-bond donors (Lipinski definition) is 0. The maximum atomic E-state index is 12.7. The van der Waals surface area contributed by atoms with Gasteiger partial charge in [-0.3, -0.25) is 4.79 Å². The second kappa shape index (κ2) is 4.07. The van der Waals surface area contributed by atoms with Crippen molar-refractivity contribution < 1.29 is 31.5 Å². The molecule has 0 amide bonds. The van der Waals surface area contributed by atoms with Crippen molar-refractivity contribution in [2.24, 2.45) is 0 Å². The van der Waals surface area contributed by atoms with Crippen molar-refractivity contribution in [2.75, 3.05) is 0 Å². The highest BCUT2D eigenvalue weighted by Crippen LogP contribution is 2.43. The van der Waals surface area contributed by atoms with E-state index in [2.05, 4.69) is 4.74 Å². The van der Waals surface area contributed by atoms with Crippen LogP contribution in [0.1, 0.15) is 5.56 Å². The average Bonchev–Trinajstić information content (AvgIpc) is 2.17. The monoisotopic (exact) mass is 240 g/mol. The van der Waals surface area contributed by atoms with E-state index in [0.717, 1.165) is 12.1 Å². The normalized spacial score (nSPS) is 12.3. The summed E-state index contributed by atoms with van der Waals surface area (Å²) in [4.78, 5) is 9.86. The summed E-state index contributed by atoms with van der Waals surface area (Å²) in [6, 6.07) is 2.80. The average molecular weight is 240 g/mol. The lowest BCUT2D eigenvalue weighted by Crippen LogP contribution is -2.33. The molecule has 0 fully saturated rings. The Balaban J connectivity index is 3.01. The Morgan fingerprint density at radius 3 is 1.88 bits per heavy atom. The van der Waals surface area contributed by atoms with Crippen LogP contribution in [-0.2, 0) is 10.7 Å². The number of alkyl halides is 5. The Morgan fingerprint density at radius 2 is 1.50 bits per heavy atom. The van der Waals surface area contributed by atoms with Gasteiger partial charge in [0, 0.05) is 5.56 Å². The first-order valence-corrected chi connectivity index (χ1v) is 3.94. The highest BCUT2D eigenvalue weighted by molar-refractivity contribution is 5.45. The molecule has 0 aliphatic rings. The standard InChI is InChI=1S/C9H5F5O2/c10-8(11,9(12,13)14)6-1-3-7(4-2-6)16-5-15/h1-5H. The molecule has 0 saturated heterocycles. The van der Waals surface area contributed by atoms with E-state index in [4.69, 9.17) is 0 Å². The molecule has 1 rings (SSSR count). The van der Waals surface area contributed by atoms with Gasteiger partial charge >= 0.3 is 12.1 Å². The fraction of sp³-hybridized carbons (Fsp3) is 0.222. The third-order valence-corrected chi connectivity index (χ3v) is 1.76. The third kappa shape index (κ3) is 2.29. The van der Waals surface area contributed by atoms with Gasteiger partial charge in [-0.05, 0) is 24.3 Å². The topological polar surface area (TPSA) is 26.3 Å². The molecule has 0 aliphatic heterocycles. The zero-order chi connectivity index (χ0) is 12.4. The highest BCUT2D eigenvalue weighted by Gasteiger charge is 2.58. The van der Waals surface area contributed by atoms with E-state index in [1.165, 1.54) is 0 Å². The smallest absolute Gasteiger partial charge is 0.429 e. The molecule has 0 N–H and O–H groups in total. The van der Waals surface area contributed by atoms with Crippen LogP contribution >= 0.6 is 0 Å². The molecule has 0 heterocycles. The minimum atomic E-state index is -5.65. The lowest BCUT2D eigenvalue weighted by Gasteiger charge is -2.19. The predicted octanol–water partition coefficient (Wildman–Crippen LogP) is 2.88. The van der Waals surface area contributed by atoms with Gasteiger partial charge in [0.1, 0.15) is 5.75 Å². The van der Waals surface area contributed by atoms with Gasteiger partial charge in [0.15, 0.2) is 0 Å². The van der Waals surface area contributed by atoms with Crippen molar-refractivity contribution in [3.63, 3.8) is 0 Å². The molecular weight excluding hydrogens is 235 g/mol. The Labute approximate surface area is 86.6 Å². The molecule has 0 saturated carbocycles. The fourth-order valence-corrected chi connectivity index (χ4v) is 0.962. The van der Waals surface area contributed by atoms with Crippen LogP contribution in [0.5, 0.6) is 5.75 Å². The molecule has 0 spiro atoms. The van der Waals surface area contributed by atoms with Gasteiger partial charge in [0.2, 0.25) is 0 Å². The summed E-state index contributed by atoms with van der Waals surface area (Å²) in [6.45, 7) is 0.0386.